The number of carboxylic acid groups (broad SMARTS) is 1. The van der Waals surface area contributed by atoms with Crippen molar-refractivity contribution in [2.75, 3.05) is 29.6 Å². The second-order valence-corrected chi connectivity index (χ2v) is 9.40. The topological polar surface area (TPSA) is 180 Å². The van der Waals surface area contributed by atoms with Crippen molar-refractivity contribution in [2.45, 2.75) is 17.5 Å². The number of nitrogen functional groups attached to an aromatic ring is 1. The number of hydrogen-bond donors (Lipinski definition) is 4. The molecule has 4 rings (SSSR count). The number of β-lactam (4-membered cyclic amide) rings is 1. The Labute approximate surface area is 182 Å². The average Bonchev–Trinajstić information content (AvgIpc) is 3.12. The molecule has 0 saturated carbocycles. The predicted molar refractivity (Wildman–Crippen MR) is 110 cm³/mol. The first-order valence-corrected chi connectivity index (χ1v) is 11.6. The van der Waals surface area contributed by atoms with Crippen molar-refractivity contribution >= 4 is 63.7 Å². The summed E-state index contributed by atoms with van der Waals surface area (Å²) in [5.41, 5.74) is 5.39. The third-order valence-corrected chi connectivity index (χ3v) is 7.59. The van der Waals surface area contributed by atoms with Crippen LogP contribution in [0.3, 0.4) is 0 Å². The molecule has 160 valence electrons. The Hall–Kier alpha value is -2.36. The SMILES string of the molecule is Nc1nc(/C(=N/OC2CSC2)C(=O)N[C@@H]2C(=O)N3C(C(=O)O)=C(CO)CS[C@H]23)ns1. The van der Waals surface area contributed by atoms with E-state index in [2.05, 4.69) is 19.8 Å². The van der Waals surface area contributed by atoms with Gasteiger partial charge in [-0.2, -0.15) is 21.1 Å². The fraction of sp³-hybridized carbons (Fsp3) is 0.467. The lowest BCUT2D eigenvalue weighted by Gasteiger charge is -2.49. The van der Waals surface area contributed by atoms with Crippen LogP contribution in [0, 0.1) is 0 Å². The Bertz CT molecular complexity index is 960. The van der Waals surface area contributed by atoms with Crippen LogP contribution < -0.4 is 11.1 Å². The van der Waals surface area contributed by atoms with E-state index in [0.29, 0.717) is 0 Å². The molecule has 3 aliphatic heterocycles. The van der Waals surface area contributed by atoms with Gasteiger partial charge in [0.15, 0.2) is 5.13 Å². The molecule has 0 bridgehead atoms. The van der Waals surface area contributed by atoms with Crippen LogP contribution in [0.5, 0.6) is 0 Å². The molecule has 2 amide bonds. The summed E-state index contributed by atoms with van der Waals surface area (Å²) >= 11 is 3.82. The van der Waals surface area contributed by atoms with E-state index in [1.165, 1.54) is 11.8 Å². The zero-order valence-electron chi connectivity index (χ0n) is 15.2. The van der Waals surface area contributed by atoms with Crippen molar-refractivity contribution in [1.29, 1.82) is 0 Å². The monoisotopic (exact) mass is 472 g/mol. The van der Waals surface area contributed by atoms with Crippen LogP contribution in [-0.2, 0) is 19.2 Å². The fourth-order valence-corrected chi connectivity index (χ4v) is 5.25. The number of nitrogens with one attached hydrogen (secondary N) is 1. The van der Waals surface area contributed by atoms with Gasteiger partial charge in [0.1, 0.15) is 23.2 Å². The summed E-state index contributed by atoms with van der Waals surface area (Å²) in [5, 5.41) is 24.8. The molecule has 0 spiro atoms. The van der Waals surface area contributed by atoms with Crippen LogP contribution >= 0.6 is 35.1 Å². The minimum absolute atomic E-state index is 0.0180. The first-order valence-electron chi connectivity index (χ1n) is 8.63. The summed E-state index contributed by atoms with van der Waals surface area (Å²) in [6.45, 7) is -0.466. The molecule has 1 aromatic heterocycles. The lowest BCUT2D eigenvalue weighted by Crippen LogP contribution is -2.71. The van der Waals surface area contributed by atoms with Crippen LogP contribution in [0.4, 0.5) is 5.13 Å². The molecule has 2 fully saturated rings. The summed E-state index contributed by atoms with van der Waals surface area (Å²) in [6.07, 6.45) is -0.122. The van der Waals surface area contributed by atoms with Gasteiger partial charge in [0.2, 0.25) is 11.5 Å². The summed E-state index contributed by atoms with van der Waals surface area (Å²) in [4.78, 5) is 47.3. The van der Waals surface area contributed by atoms with E-state index < -0.39 is 35.8 Å². The van der Waals surface area contributed by atoms with Crippen LogP contribution in [0.1, 0.15) is 5.82 Å². The number of carbonyl (C=O) groups excluding carboxylic acids is 2. The molecule has 2 atom stereocenters. The van der Waals surface area contributed by atoms with Crippen molar-refractivity contribution in [2.24, 2.45) is 5.16 Å². The normalized spacial score (nSPS) is 24.1. The van der Waals surface area contributed by atoms with Crippen molar-refractivity contribution in [3.05, 3.63) is 17.1 Å². The van der Waals surface area contributed by atoms with Gasteiger partial charge in [-0.25, -0.2) is 4.79 Å². The highest BCUT2D eigenvalue weighted by molar-refractivity contribution is 8.00. The summed E-state index contributed by atoms with van der Waals surface area (Å²) < 4.78 is 3.98. The second kappa shape index (κ2) is 8.41. The number of aliphatic hydroxyl groups excluding tert-OH is 1. The molecule has 3 aliphatic rings. The van der Waals surface area contributed by atoms with Crippen LogP contribution in [-0.4, -0.2) is 89.4 Å². The van der Waals surface area contributed by atoms with Gasteiger partial charge in [0.25, 0.3) is 11.8 Å². The maximum Gasteiger partial charge on any atom is 0.352 e. The number of aromatic nitrogens is 2. The zero-order chi connectivity index (χ0) is 21.4. The Morgan fingerprint density at radius 3 is 2.73 bits per heavy atom. The van der Waals surface area contributed by atoms with Gasteiger partial charge < -0.3 is 26.1 Å². The number of oxime groups is 1. The number of nitrogens with two attached hydrogens (primary N) is 1. The molecule has 1 aromatic rings. The van der Waals surface area contributed by atoms with E-state index in [1.54, 1.807) is 11.8 Å². The van der Waals surface area contributed by atoms with Crippen LogP contribution in [0.25, 0.3) is 0 Å². The van der Waals surface area contributed by atoms with E-state index in [0.717, 1.165) is 27.9 Å². The number of aliphatic carboxylic acids is 1. The van der Waals surface area contributed by atoms with E-state index in [4.69, 9.17) is 10.6 Å². The number of rotatable bonds is 7. The number of thioether (sulfide) groups is 2. The van der Waals surface area contributed by atoms with Crippen LogP contribution in [0.2, 0.25) is 0 Å². The number of nitrogens with zero attached hydrogens (tertiary/aromatic N) is 4. The first-order chi connectivity index (χ1) is 14.4. The van der Waals surface area contributed by atoms with Gasteiger partial charge in [-0.15, -0.1) is 11.8 Å². The van der Waals surface area contributed by atoms with Gasteiger partial charge >= 0.3 is 5.97 Å². The van der Waals surface area contributed by atoms with Crippen molar-refractivity contribution in [1.82, 2.24) is 19.6 Å². The molecule has 0 aromatic carbocycles. The smallest absolute Gasteiger partial charge is 0.352 e. The Balaban J connectivity index is 1.51. The minimum atomic E-state index is -1.31. The zero-order valence-corrected chi connectivity index (χ0v) is 17.6. The molecule has 0 aliphatic carbocycles. The second-order valence-electron chi connectivity index (χ2n) is 6.44. The summed E-state index contributed by atoms with van der Waals surface area (Å²) in [6, 6.07) is -0.961. The molecule has 30 heavy (non-hydrogen) atoms. The Kier molecular flexibility index (Phi) is 5.86. The number of carboxylic acids is 1. The van der Waals surface area contributed by atoms with Gasteiger partial charge in [0.05, 0.1) is 6.61 Å². The molecule has 5 N–H and O–H groups in total. The minimum Gasteiger partial charge on any atom is -0.477 e. The molecule has 15 heteroatoms. The molecule has 2 saturated heterocycles. The largest absolute Gasteiger partial charge is 0.477 e. The van der Waals surface area contributed by atoms with E-state index >= 15 is 0 Å². The molecule has 0 radical (unpaired) electrons. The van der Waals surface area contributed by atoms with Gasteiger partial charge in [-0.1, -0.05) is 5.16 Å². The van der Waals surface area contributed by atoms with E-state index in [1.807, 2.05) is 0 Å². The number of amides is 2. The Morgan fingerprint density at radius 1 is 1.40 bits per heavy atom. The molecular formula is C15H16N6O6S3. The standard InChI is InChI=1S/C15H16N6O6S3/c16-15-18-10(20-30-15)7(19-27-6-3-28-4-6)11(23)17-8-12(24)21-9(14(25)26)5(1-22)2-29-13(8)21/h6,8,13,22H,1-4H2,(H,17,23)(H,25,26)(H2,16,18,20)/b19-7-/t8-,13-/m1/s1. The number of anilines is 1. The Morgan fingerprint density at radius 2 is 2.17 bits per heavy atom. The lowest BCUT2D eigenvalue weighted by molar-refractivity contribution is -0.150. The summed E-state index contributed by atoms with van der Waals surface area (Å²) in [7, 11) is 0. The number of hydrogen-bond acceptors (Lipinski definition) is 12. The maximum absolute atomic E-state index is 12.8. The third-order valence-electron chi connectivity index (χ3n) is 4.50. The quantitative estimate of drug-likeness (QED) is 0.210. The summed E-state index contributed by atoms with van der Waals surface area (Å²) in [5.74, 6) is -0.923. The number of aliphatic hydroxyl groups is 1. The highest BCUT2D eigenvalue weighted by Crippen LogP contribution is 2.40. The third kappa shape index (κ3) is 3.73. The number of fused-ring (bicyclic) bond motifs is 1. The first kappa shape index (κ1) is 20.9. The average molecular weight is 473 g/mol. The number of carbonyl (C=O) groups is 3. The lowest BCUT2D eigenvalue weighted by atomic mass is 10.0. The van der Waals surface area contributed by atoms with Gasteiger partial charge in [-0.3, -0.25) is 14.5 Å². The maximum atomic E-state index is 12.8. The predicted octanol–water partition coefficient (Wildman–Crippen LogP) is -1.31. The van der Waals surface area contributed by atoms with E-state index in [9.17, 15) is 24.6 Å². The van der Waals surface area contributed by atoms with Crippen LogP contribution in [0.15, 0.2) is 16.4 Å². The van der Waals surface area contributed by atoms with Crippen molar-refractivity contribution in [3.8, 4) is 0 Å². The van der Waals surface area contributed by atoms with E-state index in [-0.39, 0.29) is 39.8 Å². The van der Waals surface area contributed by atoms with Gasteiger partial charge in [-0.05, 0) is 5.57 Å². The van der Waals surface area contributed by atoms with Gasteiger partial charge in [0, 0.05) is 28.8 Å². The molecular weight excluding hydrogens is 456 g/mol. The molecule has 4 heterocycles. The molecule has 0 unspecified atom stereocenters. The highest BCUT2D eigenvalue weighted by Gasteiger charge is 2.54. The molecule has 12 nitrogen and oxygen atoms in total. The fourth-order valence-electron chi connectivity index (χ4n) is 2.93. The highest BCUT2D eigenvalue weighted by atomic mass is 32.2. The van der Waals surface area contributed by atoms with Crippen molar-refractivity contribution < 1.29 is 29.4 Å². The van der Waals surface area contributed by atoms with Crippen molar-refractivity contribution in [3.63, 3.8) is 0 Å².